The number of aliphatic hydroxyl groups excluding tert-OH is 1. The van der Waals surface area contributed by atoms with Gasteiger partial charge in [0.2, 0.25) is 0 Å². The fraction of sp³-hybridized carbons (Fsp3) is 0.308. The SMILES string of the molecule is Cc1ccc2oc(C(=O)NCCCO)cc2c1. The van der Waals surface area contributed by atoms with Gasteiger partial charge in [0.15, 0.2) is 5.76 Å². The molecule has 0 radical (unpaired) electrons. The van der Waals surface area contributed by atoms with Crippen LogP contribution in [0.4, 0.5) is 0 Å². The van der Waals surface area contributed by atoms with E-state index < -0.39 is 0 Å². The predicted octanol–water partition coefficient (Wildman–Crippen LogP) is 1.85. The maximum Gasteiger partial charge on any atom is 0.287 e. The molecule has 0 aliphatic heterocycles. The Morgan fingerprint density at radius 3 is 3.00 bits per heavy atom. The van der Waals surface area contributed by atoms with E-state index >= 15 is 0 Å². The van der Waals surface area contributed by atoms with Gasteiger partial charge in [0.1, 0.15) is 5.58 Å². The molecule has 1 heterocycles. The Bertz CT molecular complexity index is 530. The van der Waals surface area contributed by atoms with E-state index in [1.165, 1.54) is 0 Å². The summed E-state index contributed by atoms with van der Waals surface area (Å²) in [6.07, 6.45) is 0.547. The predicted molar refractivity (Wildman–Crippen MR) is 65.0 cm³/mol. The highest BCUT2D eigenvalue weighted by Crippen LogP contribution is 2.20. The number of benzene rings is 1. The molecule has 0 unspecified atom stereocenters. The lowest BCUT2D eigenvalue weighted by Crippen LogP contribution is -2.24. The van der Waals surface area contributed by atoms with Crippen molar-refractivity contribution in [2.24, 2.45) is 0 Å². The van der Waals surface area contributed by atoms with E-state index in [4.69, 9.17) is 9.52 Å². The lowest BCUT2D eigenvalue weighted by Gasteiger charge is -1.99. The van der Waals surface area contributed by atoms with Gasteiger partial charge in [-0.3, -0.25) is 4.79 Å². The number of furan rings is 1. The lowest BCUT2D eigenvalue weighted by atomic mass is 10.2. The van der Waals surface area contributed by atoms with Gasteiger partial charge < -0.3 is 14.8 Å². The van der Waals surface area contributed by atoms with Crippen LogP contribution in [0.25, 0.3) is 11.0 Å². The minimum absolute atomic E-state index is 0.0691. The average molecular weight is 233 g/mol. The highest BCUT2D eigenvalue weighted by Gasteiger charge is 2.11. The number of aliphatic hydroxyl groups is 1. The fourth-order valence-corrected chi connectivity index (χ4v) is 1.64. The van der Waals surface area contributed by atoms with E-state index in [-0.39, 0.29) is 12.5 Å². The molecule has 1 aromatic carbocycles. The molecule has 0 saturated carbocycles. The van der Waals surface area contributed by atoms with E-state index in [0.29, 0.717) is 24.3 Å². The number of carbonyl (C=O) groups is 1. The molecule has 1 aromatic heterocycles. The molecule has 0 aliphatic carbocycles. The number of carbonyl (C=O) groups excluding carboxylic acids is 1. The lowest BCUT2D eigenvalue weighted by molar-refractivity contribution is 0.0925. The number of fused-ring (bicyclic) bond motifs is 1. The third-order valence-electron chi connectivity index (χ3n) is 2.52. The van der Waals surface area contributed by atoms with Crippen LogP contribution in [0.5, 0.6) is 0 Å². The number of nitrogens with one attached hydrogen (secondary N) is 1. The van der Waals surface area contributed by atoms with Gasteiger partial charge in [0, 0.05) is 18.5 Å². The molecule has 0 saturated heterocycles. The van der Waals surface area contributed by atoms with Crippen LogP contribution in [0.3, 0.4) is 0 Å². The van der Waals surface area contributed by atoms with E-state index in [2.05, 4.69) is 5.32 Å². The van der Waals surface area contributed by atoms with Crippen molar-refractivity contribution in [1.82, 2.24) is 5.32 Å². The Labute approximate surface area is 99.2 Å². The first kappa shape index (κ1) is 11.7. The molecule has 2 rings (SSSR count). The smallest absolute Gasteiger partial charge is 0.287 e. The van der Waals surface area contributed by atoms with E-state index in [1.807, 2.05) is 25.1 Å². The number of hydrogen-bond donors (Lipinski definition) is 2. The second-order valence-electron chi connectivity index (χ2n) is 3.98. The zero-order chi connectivity index (χ0) is 12.3. The Morgan fingerprint density at radius 2 is 2.24 bits per heavy atom. The van der Waals surface area contributed by atoms with Crippen LogP contribution in [0.1, 0.15) is 22.5 Å². The molecule has 0 fully saturated rings. The molecule has 4 heteroatoms. The largest absolute Gasteiger partial charge is 0.451 e. The van der Waals surface area contributed by atoms with Crippen LogP contribution in [0, 0.1) is 6.92 Å². The molecule has 0 spiro atoms. The molecule has 4 nitrogen and oxygen atoms in total. The standard InChI is InChI=1S/C13H15NO3/c1-9-3-4-11-10(7-9)8-12(17-11)13(16)14-5-2-6-15/h3-4,7-8,15H,2,5-6H2,1H3,(H,14,16). The van der Waals surface area contributed by atoms with Crippen molar-refractivity contribution in [3.05, 3.63) is 35.6 Å². The van der Waals surface area contributed by atoms with Gasteiger partial charge >= 0.3 is 0 Å². The van der Waals surface area contributed by atoms with E-state index in [1.54, 1.807) is 6.07 Å². The molecule has 0 aliphatic rings. The normalized spacial score (nSPS) is 10.7. The second-order valence-corrected chi connectivity index (χ2v) is 3.98. The third kappa shape index (κ3) is 2.65. The Morgan fingerprint density at radius 1 is 1.41 bits per heavy atom. The summed E-state index contributed by atoms with van der Waals surface area (Å²) in [7, 11) is 0. The fourth-order valence-electron chi connectivity index (χ4n) is 1.64. The van der Waals surface area contributed by atoms with Crippen molar-refractivity contribution in [2.45, 2.75) is 13.3 Å². The van der Waals surface area contributed by atoms with Crippen molar-refractivity contribution in [2.75, 3.05) is 13.2 Å². The summed E-state index contributed by atoms with van der Waals surface area (Å²) < 4.78 is 5.44. The van der Waals surface area contributed by atoms with Crippen molar-refractivity contribution >= 4 is 16.9 Å². The molecule has 2 aromatic rings. The van der Waals surface area contributed by atoms with Gasteiger partial charge in [-0.2, -0.15) is 0 Å². The molecule has 17 heavy (non-hydrogen) atoms. The minimum Gasteiger partial charge on any atom is -0.451 e. The van der Waals surface area contributed by atoms with E-state index in [9.17, 15) is 4.79 Å². The van der Waals surface area contributed by atoms with Crippen LogP contribution in [0.15, 0.2) is 28.7 Å². The highest BCUT2D eigenvalue weighted by atomic mass is 16.3. The maximum atomic E-state index is 11.7. The molecule has 1 amide bonds. The van der Waals surface area contributed by atoms with E-state index in [0.717, 1.165) is 10.9 Å². The summed E-state index contributed by atoms with van der Waals surface area (Å²) in [5.41, 5.74) is 1.84. The van der Waals surface area contributed by atoms with Crippen LogP contribution in [-0.4, -0.2) is 24.2 Å². The third-order valence-corrected chi connectivity index (χ3v) is 2.52. The highest BCUT2D eigenvalue weighted by molar-refractivity contribution is 5.96. The molecule has 90 valence electrons. The maximum absolute atomic E-state index is 11.7. The van der Waals surface area contributed by atoms with Gasteiger partial charge in [-0.05, 0) is 31.5 Å². The molecule has 0 bridgehead atoms. The minimum atomic E-state index is -0.243. The number of amides is 1. The van der Waals surface area contributed by atoms with Crippen molar-refractivity contribution in [3.63, 3.8) is 0 Å². The van der Waals surface area contributed by atoms with Crippen LogP contribution < -0.4 is 5.32 Å². The van der Waals surface area contributed by atoms with Gasteiger partial charge in [-0.15, -0.1) is 0 Å². The number of hydrogen-bond acceptors (Lipinski definition) is 3. The average Bonchev–Trinajstić information content (AvgIpc) is 2.72. The Hall–Kier alpha value is -1.81. The van der Waals surface area contributed by atoms with Crippen LogP contribution in [-0.2, 0) is 0 Å². The Kier molecular flexibility index (Phi) is 3.44. The molecule has 2 N–H and O–H groups in total. The first-order valence-corrected chi connectivity index (χ1v) is 5.60. The van der Waals surface area contributed by atoms with Crippen LogP contribution in [0.2, 0.25) is 0 Å². The summed E-state index contributed by atoms with van der Waals surface area (Å²) >= 11 is 0. The monoisotopic (exact) mass is 233 g/mol. The topological polar surface area (TPSA) is 62.5 Å². The summed E-state index contributed by atoms with van der Waals surface area (Å²) in [5.74, 6) is 0.0656. The molecular weight excluding hydrogens is 218 g/mol. The van der Waals surface area contributed by atoms with Gasteiger partial charge in [0.25, 0.3) is 5.91 Å². The van der Waals surface area contributed by atoms with Crippen molar-refractivity contribution in [3.8, 4) is 0 Å². The Balaban J connectivity index is 2.15. The number of aryl methyl sites for hydroxylation is 1. The summed E-state index contributed by atoms with van der Waals surface area (Å²) in [6, 6.07) is 7.51. The summed E-state index contributed by atoms with van der Waals surface area (Å²) in [4.78, 5) is 11.7. The van der Waals surface area contributed by atoms with Crippen molar-refractivity contribution < 1.29 is 14.3 Å². The molecular formula is C13H15NO3. The first-order chi connectivity index (χ1) is 8.20. The molecule has 0 atom stereocenters. The second kappa shape index (κ2) is 5.01. The van der Waals surface area contributed by atoms with Crippen LogP contribution >= 0.6 is 0 Å². The van der Waals surface area contributed by atoms with Crippen molar-refractivity contribution in [1.29, 1.82) is 0 Å². The summed E-state index contributed by atoms with van der Waals surface area (Å²) in [5, 5.41) is 12.2. The van der Waals surface area contributed by atoms with Gasteiger partial charge in [0.05, 0.1) is 0 Å². The van der Waals surface area contributed by atoms with Gasteiger partial charge in [-0.1, -0.05) is 11.6 Å². The van der Waals surface area contributed by atoms with Gasteiger partial charge in [-0.25, -0.2) is 0 Å². The zero-order valence-corrected chi connectivity index (χ0v) is 9.69. The zero-order valence-electron chi connectivity index (χ0n) is 9.69. The quantitative estimate of drug-likeness (QED) is 0.792. The summed E-state index contributed by atoms with van der Waals surface area (Å²) in [6.45, 7) is 2.51. The number of rotatable bonds is 4. The first-order valence-electron chi connectivity index (χ1n) is 5.60.